The van der Waals surface area contributed by atoms with Crippen LogP contribution in [0.4, 0.5) is 0 Å². The molecule has 4 rings (SSSR count). The molecule has 0 amide bonds. The largest absolute Gasteiger partial charge is 0.416 e. The molecule has 2 saturated heterocycles. The van der Waals surface area contributed by atoms with Crippen LogP contribution in [0.15, 0.2) is 40.0 Å². The van der Waals surface area contributed by atoms with Crippen molar-refractivity contribution in [2.24, 2.45) is 5.92 Å². The molecule has 152 valence electrons. The van der Waals surface area contributed by atoms with Crippen molar-refractivity contribution in [2.75, 3.05) is 37.0 Å². The Hall–Kier alpha value is -1.42. The molecule has 0 aliphatic carbocycles. The van der Waals surface area contributed by atoms with E-state index >= 15 is 0 Å². The van der Waals surface area contributed by atoms with E-state index in [1.807, 2.05) is 6.07 Å². The van der Waals surface area contributed by atoms with Crippen LogP contribution >= 0.6 is 11.8 Å². The Kier molecular flexibility index (Phi) is 6.35. The third-order valence-electron chi connectivity index (χ3n) is 5.10. The fraction of sp³-hybridized carbons (Fsp3) is 0.579. The number of morpholine rings is 1. The van der Waals surface area contributed by atoms with Crippen molar-refractivity contribution in [3.63, 3.8) is 0 Å². The lowest BCUT2D eigenvalue weighted by Crippen LogP contribution is -2.43. The van der Waals surface area contributed by atoms with E-state index in [1.165, 1.54) is 17.3 Å². The number of nitrogens with zero attached hydrogens (tertiary/aromatic N) is 3. The number of rotatable bonds is 7. The van der Waals surface area contributed by atoms with E-state index in [0.29, 0.717) is 24.0 Å². The monoisotopic (exact) mass is 423 g/mol. The summed E-state index contributed by atoms with van der Waals surface area (Å²) in [5.74, 6) is 1.87. The first-order chi connectivity index (χ1) is 13.6. The Morgan fingerprint density at radius 1 is 1.21 bits per heavy atom. The Labute approximate surface area is 169 Å². The lowest BCUT2D eigenvalue weighted by molar-refractivity contribution is -0.0188. The molecule has 0 unspecified atom stereocenters. The molecule has 2 atom stereocenters. The molecule has 28 heavy (non-hydrogen) atoms. The molecule has 2 aliphatic rings. The van der Waals surface area contributed by atoms with Crippen molar-refractivity contribution < 1.29 is 17.6 Å². The van der Waals surface area contributed by atoms with E-state index in [2.05, 4.69) is 39.4 Å². The number of thioether (sulfide) groups is 1. The van der Waals surface area contributed by atoms with Crippen LogP contribution < -0.4 is 0 Å². The van der Waals surface area contributed by atoms with Gasteiger partial charge in [-0.2, -0.15) is 0 Å². The molecule has 0 saturated carbocycles. The third-order valence-corrected chi connectivity index (χ3v) is 7.89. The van der Waals surface area contributed by atoms with Crippen molar-refractivity contribution in [3.8, 4) is 0 Å². The summed E-state index contributed by atoms with van der Waals surface area (Å²) in [6, 6.07) is 10.5. The van der Waals surface area contributed by atoms with Crippen LogP contribution in [0, 0.1) is 5.92 Å². The first-order valence-corrected chi connectivity index (χ1v) is 12.4. The minimum atomic E-state index is -2.88. The minimum Gasteiger partial charge on any atom is -0.416 e. The van der Waals surface area contributed by atoms with E-state index < -0.39 is 9.84 Å². The van der Waals surface area contributed by atoms with Crippen LogP contribution in [0.3, 0.4) is 0 Å². The van der Waals surface area contributed by atoms with Gasteiger partial charge in [-0.05, 0) is 17.9 Å². The summed E-state index contributed by atoms with van der Waals surface area (Å²) >= 11 is 1.50. The van der Waals surface area contributed by atoms with Crippen molar-refractivity contribution in [2.45, 2.75) is 30.7 Å². The molecule has 7 nitrogen and oxygen atoms in total. The summed E-state index contributed by atoms with van der Waals surface area (Å²) in [5, 5.41) is 8.70. The first kappa shape index (κ1) is 19.9. The molecular formula is C19H25N3O4S2. The van der Waals surface area contributed by atoms with Gasteiger partial charge in [0.2, 0.25) is 5.89 Å². The number of sulfone groups is 1. The van der Waals surface area contributed by atoms with Crippen LogP contribution in [0.2, 0.25) is 0 Å². The van der Waals surface area contributed by atoms with Crippen molar-refractivity contribution in [1.82, 2.24) is 15.1 Å². The van der Waals surface area contributed by atoms with Gasteiger partial charge >= 0.3 is 0 Å². The lowest BCUT2D eigenvalue weighted by Gasteiger charge is -2.32. The molecule has 3 heterocycles. The van der Waals surface area contributed by atoms with Gasteiger partial charge in [-0.25, -0.2) is 8.42 Å². The van der Waals surface area contributed by atoms with Crippen molar-refractivity contribution in [1.29, 1.82) is 0 Å². The summed E-state index contributed by atoms with van der Waals surface area (Å²) in [5.41, 5.74) is 1.31. The van der Waals surface area contributed by atoms with Crippen molar-refractivity contribution >= 4 is 21.6 Å². The van der Waals surface area contributed by atoms with Gasteiger partial charge in [0.15, 0.2) is 9.84 Å². The van der Waals surface area contributed by atoms with Crippen LogP contribution in [0.5, 0.6) is 0 Å². The number of aromatic nitrogens is 2. The molecular weight excluding hydrogens is 398 g/mol. The summed E-state index contributed by atoms with van der Waals surface area (Å²) in [7, 11) is -2.88. The van der Waals surface area contributed by atoms with Gasteiger partial charge in [0.05, 0.1) is 24.2 Å². The average molecular weight is 424 g/mol. The highest BCUT2D eigenvalue weighted by molar-refractivity contribution is 7.99. The zero-order valence-corrected chi connectivity index (χ0v) is 17.3. The summed E-state index contributed by atoms with van der Waals surface area (Å²) in [6.45, 7) is 3.47. The van der Waals surface area contributed by atoms with Gasteiger partial charge in [-0.15, -0.1) is 10.2 Å². The fourth-order valence-corrected chi connectivity index (χ4v) is 6.34. The summed E-state index contributed by atoms with van der Waals surface area (Å²) < 4.78 is 34.7. The third kappa shape index (κ3) is 5.56. The molecule has 0 radical (unpaired) electrons. The molecule has 2 aromatic rings. The molecule has 2 fully saturated rings. The predicted molar refractivity (Wildman–Crippen MR) is 107 cm³/mol. The maximum absolute atomic E-state index is 11.6. The van der Waals surface area contributed by atoms with Gasteiger partial charge < -0.3 is 9.15 Å². The smallest absolute Gasteiger partial charge is 0.276 e. The minimum absolute atomic E-state index is 0.0940. The molecule has 1 aromatic carbocycles. The average Bonchev–Trinajstić information content (AvgIpc) is 3.27. The molecule has 0 N–H and O–H groups in total. The molecule has 2 aliphatic heterocycles. The highest BCUT2D eigenvalue weighted by Crippen LogP contribution is 2.25. The highest BCUT2D eigenvalue weighted by Gasteiger charge is 2.29. The Morgan fingerprint density at radius 3 is 2.86 bits per heavy atom. The van der Waals surface area contributed by atoms with Crippen LogP contribution in [-0.4, -0.2) is 66.6 Å². The molecule has 9 heteroatoms. The second-order valence-corrected chi connectivity index (χ2v) is 10.7. The molecule has 0 spiro atoms. The van der Waals surface area contributed by atoms with Crippen molar-refractivity contribution in [3.05, 3.63) is 41.8 Å². The van der Waals surface area contributed by atoms with E-state index in [0.717, 1.165) is 32.0 Å². The van der Waals surface area contributed by atoms with E-state index in [4.69, 9.17) is 9.15 Å². The topological polar surface area (TPSA) is 85.5 Å². The van der Waals surface area contributed by atoms with E-state index in [1.54, 1.807) is 0 Å². The van der Waals surface area contributed by atoms with Crippen LogP contribution in [-0.2, 0) is 27.5 Å². The number of hydrogen-bond donors (Lipinski definition) is 0. The van der Waals surface area contributed by atoms with E-state index in [9.17, 15) is 8.42 Å². The first-order valence-electron chi connectivity index (χ1n) is 9.59. The lowest BCUT2D eigenvalue weighted by atomic mass is 10.1. The van der Waals surface area contributed by atoms with Gasteiger partial charge in [-0.1, -0.05) is 42.1 Å². The number of benzene rings is 1. The zero-order chi connectivity index (χ0) is 19.4. The normalized spacial score (nSPS) is 25.1. The Morgan fingerprint density at radius 2 is 2.07 bits per heavy atom. The number of hydrogen-bond acceptors (Lipinski definition) is 8. The molecule has 0 bridgehead atoms. The maximum Gasteiger partial charge on any atom is 0.276 e. The standard InChI is InChI=1S/C19H25N3O4S2/c23-28(24)9-6-16(14-28)10-18-20-21-19(26-18)27-13-17-12-22(7-8-25-17)11-15-4-2-1-3-5-15/h1-5,16-17H,6-14H2/t16-,17-/m0/s1. The van der Waals surface area contributed by atoms with Crippen LogP contribution in [0.25, 0.3) is 0 Å². The summed E-state index contributed by atoms with van der Waals surface area (Å²) in [6.07, 6.45) is 1.34. The number of ether oxygens (including phenoxy) is 1. The fourth-order valence-electron chi connectivity index (χ4n) is 3.69. The molecule has 1 aromatic heterocycles. The second-order valence-electron chi connectivity index (χ2n) is 7.46. The zero-order valence-electron chi connectivity index (χ0n) is 15.7. The predicted octanol–water partition coefficient (Wildman–Crippen LogP) is 2.04. The summed E-state index contributed by atoms with van der Waals surface area (Å²) in [4.78, 5) is 2.41. The van der Waals surface area contributed by atoms with Gasteiger partial charge in [0, 0.05) is 31.8 Å². The quantitative estimate of drug-likeness (QED) is 0.626. The Balaban J connectivity index is 1.24. The highest BCUT2D eigenvalue weighted by atomic mass is 32.2. The Bertz CT molecular complexity index is 872. The SMILES string of the molecule is O=S1(=O)CC[C@@H](Cc2nnc(SC[C@@H]3CN(Cc4ccccc4)CCO3)o2)C1. The second kappa shape index (κ2) is 8.94. The van der Waals surface area contributed by atoms with E-state index in [-0.39, 0.29) is 23.5 Å². The van der Waals surface area contributed by atoms with Gasteiger partial charge in [0.1, 0.15) is 0 Å². The maximum atomic E-state index is 11.6. The van der Waals surface area contributed by atoms with Gasteiger partial charge in [0.25, 0.3) is 5.22 Å². The van der Waals surface area contributed by atoms with Gasteiger partial charge in [-0.3, -0.25) is 4.90 Å². The van der Waals surface area contributed by atoms with Crippen LogP contribution in [0.1, 0.15) is 17.9 Å².